The molecule has 2 aromatic rings. The Labute approximate surface area is 161 Å². The van der Waals surface area contributed by atoms with Gasteiger partial charge in [0.2, 0.25) is 0 Å². The van der Waals surface area contributed by atoms with Crippen molar-refractivity contribution in [2.75, 3.05) is 32.8 Å². The quantitative estimate of drug-likeness (QED) is 0.580. The van der Waals surface area contributed by atoms with Gasteiger partial charge in [0.1, 0.15) is 5.82 Å². The highest BCUT2D eigenvalue weighted by Crippen LogP contribution is 2.10. The Hall–Kier alpha value is -3.42. The predicted octanol–water partition coefficient (Wildman–Crippen LogP) is 1.96. The SMILES string of the molecule is O=C(/C=C/c1ccccc1F)OCC(=O)N1CCN(C(=O)c2ccco2)CC1. The molecular formula is C20H19FN2O5. The first-order valence-electron chi connectivity index (χ1n) is 8.74. The van der Waals surface area contributed by atoms with Gasteiger partial charge in [0.25, 0.3) is 11.8 Å². The Morgan fingerprint density at radius 1 is 1.04 bits per heavy atom. The first-order valence-corrected chi connectivity index (χ1v) is 8.74. The van der Waals surface area contributed by atoms with Gasteiger partial charge in [0, 0.05) is 37.8 Å². The zero-order valence-corrected chi connectivity index (χ0v) is 15.0. The first kappa shape index (κ1) is 19.3. The van der Waals surface area contributed by atoms with Gasteiger partial charge >= 0.3 is 5.97 Å². The number of nitrogens with zero attached hydrogens (tertiary/aromatic N) is 2. The van der Waals surface area contributed by atoms with Gasteiger partial charge in [-0.1, -0.05) is 18.2 Å². The molecule has 28 heavy (non-hydrogen) atoms. The van der Waals surface area contributed by atoms with E-state index < -0.39 is 18.4 Å². The third-order valence-corrected chi connectivity index (χ3v) is 4.29. The van der Waals surface area contributed by atoms with Gasteiger partial charge in [-0.3, -0.25) is 9.59 Å². The van der Waals surface area contributed by atoms with Crippen molar-refractivity contribution in [3.8, 4) is 0 Å². The number of carbonyl (C=O) groups excluding carboxylic acids is 3. The Balaban J connectivity index is 1.42. The monoisotopic (exact) mass is 386 g/mol. The highest BCUT2D eigenvalue weighted by atomic mass is 19.1. The third-order valence-electron chi connectivity index (χ3n) is 4.29. The van der Waals surface area contributed by atoms with Gasteiger partial charge in [-0.25, -0.2) is 9.18 Å². The van der Waals surface area contributed by atoms with Gasteiger partial charge in [-0.2, -0.15) is 0 Å². The normalized spacial score (nSPS) is 14.3. The number of halogens is 1. The van der Waals surface area contributed by atoms with E-state index in [2.05, 4.69) is 0 Å². The molecule has 1 aromatic carbocycles. The third kappa shape index (κ3) is 4.85. The second kappa shape index (κ2) is 8.98. The lowest BCUT2D eigenvalue weighted by Gasteiger charge is -2.34. The van der Waals surface area contributed by atoms with Crippen LogP contribution in [0.5, 0.6) is 0 Å². The van der Waals surface area contributed by atoms with Crippen LogP contribution in [0.3, 0.4) is 0 Å². The van der Waals surface area contributed by atoms with E-state index >= 15 is 0 Å². The molecule has 1 fully saturated rings. The predicted molar refractivity (Wildman–Crippen MR) is 97.6 cm³/mol. The summed E-state index contributed by atoms with van der Waals surface area (Å²) >= 11 is 0. The molecule has 1 saturated heterocycles. The van der Waals surface area contributed by atoms with E-state index in [0.717, 1.165) is 6.08 Å². The first-order chi connectivity index (χ1) is 13.5. The number of piperazine rings is 1. The number of ether oxygens (including phenoxy) is 1. The summed E-state index contributed by atoms with van der Waals surface area (Å²) in [5.41, 5.74) is 0.253. The second-order valence-corrected chi connectivity index (χ2v) is 6.11. The maximum absolute atomic E-state index is 13.5. The smallest absolute Gasteiger partial charge is 0.331 e. The Morgan fingerprint density at radius 2 is 1.75 bits per heavy atom. The lowest BCUT2D eigenvalue weighted by atomic mass is 10.2. The fourth-order valence-corrected chi connectivity index (χ4v) is 2.76. The fraction of sp³-hybridized carbons (Fsp3) is 0.250. The minimum Gasteiger partial charge on any atom is -0.459 e. The summed E-state index contributed by atoms with van der Waals surface area (Å²) in [4.78, 5) is 39.2. The molecule has 2 amide bonds. The van der Waals surface area contributed by atoms with Crippen molar-refractivity contribution in [1.29, 1.82) is 0 Å². The van der Waals surface area contributed by atoms with Crippen LogP contribution in [-0.4, -0.2) is 60.4 Å². The number of amides is 2. The van der Waals surface area contributed by atoms with Gasteiger partial charge in [-0.05, 0) is 24.3 Å². The van der Waals surface area contributed by atoms with Crippen LogP contribution in [0.15, 0.2) is 53.2 Å². The average Bonchev–Trinajstić information content (AvgIpc) is 3.26. The fourth-order valence-electron chi connectivity index (χ4n) is 2.76. The summed E-state index contributed by atoms with van der Waals surface area (Å²) in [6.07, 6.45) is 3.80. The number of benzene rings is 1. The molecule has 0 bridgehead atoms. The maximum atomic E-state index is 13.5. The van der Waals surface area contributed by atoms with Crippen LogP contribution in [0, 0.1) is 5.82 Å². The van der Waals surface area contributed by atoms with Crippen LogP contribution in [0.2, 0.25) is 0 Å². The molecule has 0 radical (unpaired) electrons. The van der Waals surface area contributed by atoms with Crippen LogP contribution in [-0.2, 0) is 14.3 Å². The topological polar surface area (TPSA) is 80.1 Å². The van der Waals surface area contributed by atoms with Gasteiger partial charge in [0.15, 0.2) is 12.4 Å². The molecule has 0 N–H and O–H groups in total. The molecule has 1 aliphatic rings. The van der Waals surface area contributed by atoms with Crippen molar-refractivity contribution in [3.63, 3.8) is 0 Å². The second-order valence-electron chi connectivity index (χ2n) is 6.11. The Kier molecular flexibility index (Phi) is 6.21. The van der Waals surface area contributed by atoms with Crippen molar-refractivity contribution >= 4 is 23.9 Å². The van der Waals surface area contributed by atoms with E-state index in [1.54, 1.807) is 29.2 Å². The van der Waals surface area contributed by atoms with Crippen molar-refractivity contribution in [2.24, 2.45) is 0 Å². The van der Waals surface area contributed by atoms with Crippen LogP contribution in [0.1, 0.15) is 16.1 Å². The molecule has 0 aliphatic carbocycles. The van der Waals surface area contributed by atoms with Crippen LogP contribution >= 0.6 is 0 Å². The molecule has 0 unspecified atom stereocenters. The molecule has 1 aromatic heterocycles. The van der Waals surface area contributed by atoms with Crippen LogP contribution < -0.4 is 0 Å². The number of rotatable bonds is 5. The molecule has 8 heteroatoms. The van der Waals surface area contributed by atoms with E-state index in [1.807, 2.05) is 0 Å². The van der Waals surface area contributed by atoms with Crippen LogP contribution in [0.4, 0.5) is 4.39 Å². The molecule has 0 atom stereocenters. The number of hydrogen-bond acceptors (Lipinski definition) is 5. The number of hydrogen-bond donors (Lipinski definition) is 0. The zero-order valence-electron chi connectivity index (χ0n) is 15.0. The maximum Gasteiger partial charge on any atom is 0.331 e. The molecule has 0 saturated carbocycles. The number of esters is 1. The summed E-state index contributed by atoms with van der Waals surface area (Å²) < 4.78 is 23.5. The van der Waals surface area contributed by atoms with Gasteiger partial charge < -0.3 is 19.0 Å². The van der Waals surface area contributed by atoms with E-state index in [4.69, 9.17) is 9.15 Å². The van der Waals surface area contributed by atoms with E-state index in [0.29, 0.717) is 26.2 Å². The van der Waals surface area contributed by atoms with Crippen molar-refractivity contribution in [2.45, 2.75) is 0 Å². The van der Waals surface area contributed by atoms with Crippen molar-refractivity contribution in [1.82, 2.24) is 9.80 Å². The molecule has 146 valence electrons. The lowest BCUT2D eigenvalue weighted by molar-refractivity contribution is -0.148. The number of carbonyl (C=O) groups is 3. The lowest BCUT2D eigenvalue weighted by Crippen LogP contribution is -2.51. The summed E-state index contributed by atoms with van der Waals surface area (Å²) in [6, 6.07) is 9.23. The van der Waals surface area contributed by atoms with E-state index in [1.165, 1.54) is 29.4 Å². The van der Waals surface area contributed by atoms with E-state index in [9.17, 15) is 18.8 Å². The minimum atomic E-state index is -0.733. The Bertz CT molecular complexity index is 870. The van der Waals surface area contributed by atoms with Gasteiger partial charge in [-0.15, -0.1) is 0 Å². The van der Waals surface area contributed by atoms with Crippen molar-refractivity contribution < 1.29 is 27.9 Å². The van der Waals surface area contributed by atoms with Gasteiger partial charge in [0.05, 0.1) is 6.26 Å². The molecule has 3 rings (SSSR count). The molecular weight excluding hydrogens is 367 g/mol. The standard InChI is InChI=1S/C20H19FN2O5/c21-16-5-2-1-4-15(16)7-8-19(25)28-14-18(24)22-9-11-23(12-10-22)20(26)17-6-3-13-27-17/h1-8,13H,9-12,14H2/b8-7+. The largest absolute Gasteiger partial charge is 0.459 e. The molecule has 0 spiro atoms. The highest BCUT2D eigenvalue weighted by Gasteiger charge is 2.26. The molecule has 1 aliphatic heterocycles. The van der Waals surface area contributed by atoms with Crippen molar-refractivity contribution in [3.05, 3.63) is 65.9 Å². The summed E-state index contributed by atoms with van der Waals surface area (Å²) in [7, 11) is 0. The average molecular weight is 386 g/mol. The minimum absolute atomic E-state index is 0.221. The van der Waals surface area contributed by atoms with Crippen LogP contribution in [0.25, 0.3) is 6.08 Å². The Morgan fingerprint density at radius 3 is 2.43 bits per heavy atom. The summed E-state index contributed by atoms with van der Waals surface area (Å²) in [5.74, 6) is -1.50. The molecule has 7 nitrogen and oxygen atoms in total. The number of furan rings is 1. The molecule has 2 heterocycles. The highest BCUT2D eigenvalue weighted by molar-refractivity contribution is 5.92. The summed E-state index contributed by atoms with van der Waals surface area (Å²) in [5, 5.41) is 0. The van der Waals surface area contributed by atoms with E-state index in [-0.39, 0.29) is 23.1 Å². The summed E-state index contributed by atoms with van der Waals surface area (Å²) in [6.45, 7) is 1.01. The zero-order chi connectivity index (χ0) is 19.9.